The van der Waals surface area contributed by atoms with E-state index in [9.17, 15) is 4.79 Å². The number of thiazole rings is 1. The summed E-state index contributed by atoms with van der Waals surface area (Å²) in [6.07, 6.45) is 3.04. The fourth-order valence-electron chi connectivity index (χ4n) is 2.75. The molecule has 25 heavy (non-hydrogen) atoms. The molecule has 132 valence electrons. The summed E-state index contributed by atoms with van der Waals surface area (Å²) in [5.41, 5.74) is 2.40. The summed E-state index contributed by atoms with van der Waals surface area (Å²) in [4.78, 5) is 18.4. The molecule has 0 radical (unpaired) electrons. The lowest BCUT2D eigenvalue weighted by atomic mass is 9.99. The standard InChI is InChI=1S/C18H19ClN2O3S/c1-3-24-14-7-5-4-6-13(14)12-8-10-21(11-9-12)18-20-16(19)15(25-18)17(22)23-2/h4-8H,3,9-11H2,1-2H3. The van der Waals surface area contributed by atoms with Crippen LogP contribution in [0.5, 0.6) is 5.75 Å². The van der Waals surface area contributed by atoms with Gasteiger partial charge in [-0.15, -0.1) is 0 Å². The second-order valence-corrected chi connectivity index (χ2v) is 6.80. The van der Waals surface area contributed by atoms with Gasteiger partial charge >= 0.3 is 5.97 Å². The maximum Gasteiger partial charge on any atom is 0.351 e. The van der Waals surface area contributed by atoms with Crippen LogP contribution in [0.3, 0.4) is 0 Å². The van der Waals surface area contributed by atoms with Crippen molar-refractivity contribution in [2.45, 2.75) is 13.3 Å². The molecule has 0 bridgehead atoms. The highest BCUT2D eigenvalue weighted by Crippen LogP contribution is 2.34. The molecule has 0 N–H and O–H groups in total. The van der Waals surface area contributed by atoms with Crippen molar-refractivity contribution >= 4 is 39.6 Å². The summed E-state index contributed by atoms with van der Waals surface area (Å²) in [5.74, 6) is 0.461. The normalized spacial score (nSPS) is 14.2. The molecule has 0 unspecified atom stereocenters. The number of halogens is 1. The number of carbonyl (C=O) groups is 1. The SMILES string of the molecule is CCOc1ccccc1C1=CCN(c2nc(Cl)c(C(=O)OC)s2)CC1. The first-order valence-corrected chi connectivity index (χ1v) is 9.24. The zero-order chi connectivity index (χ0) is 17.8. The van der Waals surface area contributed by atoms with Crippen LogP contribution in [0.4, 0.5) is 5.13 Å². The molecule has 7 heteroatoms. The topological polar surface area (TPSA) is 51.7 Å². The third-order valence-electron chi connectivity index (χ3n) is 3.96. The van der Waals surface area contributed by atoms with Crippen LogP contribution in [0.2, 0.25) is 5.15 Å². The summed E-state index contributed by atoms with van der Waals surface area (Å²) in [6.45, 7) is 4.14. The van der Waals surface area contributed by atoms with Gasteiger partial charge in [-0.1, -0.05) is 47.2 Å². The molecule has 1 aromatic carbocycles. The van der Waals surface area contributed by atoms with Crippen LogP contribution >= 0.6 is 22.9 Å². The fraction of sp³-hybridized carbons (Fsp3) is 0.333. The minimum absolute atomic E-state index is 0.198. The van der Waals surface area contributed by atoms with Crippen LogP contribution in [0, 0.1) is 0 Å². The lowest BCUT2D eigenvalue weighted by Crippen LogP contribution is -2.28. The molecule has 1 aliphatic heterocycles. The molecule has 0 saturated heterocycles. The lowest BCUT2D eigenvalue weighted by Gasteiger charge is -2.26. The molecular formula is C18H19ClN2O3S. The van der Waals surface area contributed by atoms with E-state index in [0.717, 1.165) is 29.4 Å². The van der Waals surface area contributed by atoms with Gasteiger partial charge in [0.05, 0.1) is 13.7 Å². The highest BCUT2D eigenvalue weighted by Gasteiger charge is 2.22. The first-order valence-electron chi connectivity index (χ1n) is 8.04. The average molecular weight is 379 g/mol. The second kappa shape index (κ2) is 7.89. The Hall–Kier alpha value is -2.05. The third-order valence-corrected chi connectivity index (χ3v) is 5.44. The largest absolute Gasteiger partial charge is 0.493 e. The van der Waals surface area contributed by atoms with Crippen LogP contribution in [0.1, 0.15) is 28.6 Å². The van der Waals surface area contributed by atoms with Crippen LogP contribution in [-0.4, -0.2) is 37.8 Å². The van der Waals surface area contributed by atoms with E-state index in [4.69, 9.17) is 21.1 Å². The Labute approximate surface area is 155 Å². The van der Waals surface area contributed by atoms with Crippen molar-refractivity contribution in [3.63, 3.8) is 0 Å². The van der Waals surface area contributed by atoms with Gasteiger partial charge < -0.3 is 14.4 Å². The quantitative estimate of drug-likeness (QED) is 0.727. The number of carbonyl (C=O) groups excluding carboxylic acids is 1. The van der Waals surface area contributed by atoms with Crippen LogP contribution in [-0.2, 0) is 4.74 Å². The Bertz CT molecular complexity index is 803. The summed E-state index contributed by atoms with van der Waals surface area (Å²) in [7, 11) is 1.34. The average Bonchev–Trinajstić information content (AvgIpc) is 3.04. The Morgan fingerprint density at radius 2 is 2.20 bits per heavy atom. The minimum atomic E-state index is -0.451. The van der Waals surface area contributed by atoms with E-state index in [2.05, 4.69) is 22.0 Å². The van der Waals surface area contributed by atoms with Crippen molar-refractivity contribution in [2.75, 3.05) is 31.7 Å². The molecule has 2 aromatic rings. The molecule has 5 nitrogen and oxygen atoms in total. The highest BCUT2D eigenvalue weighted by atomic mass is 35.5. The van der Waals surface area contributed by atoms with Gasteiger partial charge in [-0.2, -0.15) is 0 Å². The summed E-state index contributed by atoms with van der Waals surface area (Å²) in [6, 6.07) is 8.09. The zero-order valence-corrected chi connectivity index (χ0v) is 15.7. The van der Waals surface area contributed by atoms with Crippen LogP contribution in [0.25, 0.3) is 5.57 Å². The number of aromatic nitrogens is 1. The molecule has 0 spiro atoms. The first kappa shape index (κ1) is 17.8. The predicted octanol–water partition coefficient (Wildman–Crippen LogP) is 4.28. The molecule has 1 aliphatic rings. The van der Waals surface area contributed by atoms with E-state index in [1.54, 1.807) is 0 Å². The van der Waals surface area contributed by atoms with E-state index in [1.165, 1.54) is 24.0 Å². The zero-order valence-electron chi connectivity index (χ0n) is 14.1. The minimum Gasteiger partial charge on any atom is -0.493 e. The maximum absolute atomic E-state index is 11.7. The van der Waals surface area contributed by atoms with Gasteiger partial charge in [0.15, 0.2) is 15.2 Å². The molecule has 1 aromatic heterocycles. The van der Waals surface area contributed by atoms with Crippen molar-refractivity contribution in [1.82, 2.24) is 4.98 Å². The number of hydrogen-bond acceptors (Lipinski definition) is 6. The summed E-state index contributed by atoms with van der Waals surface area (Å²) < 4.78 is 10.5. The molecule has 0 fully saturated rings. The maximum atomic E-state index is 11.7. The smallest absolute Gasteiger partial charge is 0.351 e. The van der Waals surface area contributed by atoms with E-state index in [-0.39, 0.29) is 5.15 Å². The number of esters is 1. The van der Waals surface area contributed by atoms with Gasteiger partial charge in [0, 0.05) is 18.7 Å². The first-order chi connectivity index (χ1) is 12.1. The van der Waals surface area contributed by atoms with E-state index in [1.807, 2.05) is 25.1 Å². The molecule has 2 heterocycles. The van der Waals surface area contributed by atoms with Crippen molar-refractivity contribution < 1.29 is 14.3 Å². The van der Waals surface area contributed by atoms with Gasteiger partial charge in [-0.05, 0) is 25.0 Å². The fourth-order valence-corrected chi connectivity index (χ4v) is 3.98. The van der Waals surface area contributed by atoms with Crippen LogP contribution < -0.4 is 9.64 Å². The Morgan fingerprint density at radius 1 is 1.40 bits per heavy atom. The Kier molecular flexibility index (Phi) is 5.60. The third kappa shape index (κ3) is 3.80. The number of rotatable bonds is 5. The second-order valence-electron chi connectivity index (χ2n) is 5.46. The van der Waals surface area contributed by atoms with Gasteiger partial charge in [-0.3, -0.25) is 0 Å². The van der Waals surface area contributed by atoms with Crippen molar-refractivity contribution in [1.29, 1.82) is 0 Å². The molecule has 0 aliphatic carbocycles. The summed E-state index contributed by atoms with van der Waals surface area (Å²) in [5, 5.41) is 0.933. The molecule has 0 atom stereocenters. The number of methoxy groups -OCH3 is 1. The molecular weight excluding hydrogens is 360 g/mol. The van der Waals surface area contributed by atoms with Crippen LogP contribution in [0.15, 0.2) is 30.3 Å². The van der Waals surface area contributed by atoms with E-state index in [0.29, 0.717) is 18.0 Å². The summed E-state index contributed by atoms with van der Waals surface area (Å²) >= 11 is 7.32. The molecule has 0 saturated carbocycles. The number of nitrogens with zero attached hydrogens (tertiary/aromatic N) is 2. The number of hydrogen-bond donors (Lipinski definition) is 0. The molecule has 0 amide bonds. The van der Waals surface area contributed by atoms with Crippen molar-refractivity contribution in [2.24, 2.45) is 0 Å². The highest BCUT2D eigenvalue weighted by molar-refractivity contribution is 7.18. The van der Waals surface area contributed by atoms with Crippen molar-refractivity contribution in [3.05, 3.63) is 45.9 Å². The van der Waals surface area contributed by atoms with E-state index < -0.39 is 5.97 Å². The van der Waals surface area contributed by atoms with Gasteiger partial charge in [0.1, 0.15) is 5.75 Å². The number of ether oxygens (including phenoxy) is 2. The van der Waals surface area contributed by atoms with E-state index >= 15 is 0 Å². The number of para-hydroxylation sites is 1. The Balaban J connectivity index is 1.78. The monoisotopic (exact) mass is 378 g/mol. The van der Waals surface area contributed by atoms with Crippen molar-refractivity contribution in [3.8, 4) is 5.75 Å². The van der Waals surface area contributed by atoms with Gasteiger partial charge in [-0.25, -0.2) is 9.78 Å². The lowest BCUT2D eigenvalue weighted by molar-refractivity contribution is 0.0606. The molecule has 3 rings (SSSR count). The van der Waals surface area contributed by atoms with Gasteiger partial charge in [0.2, 0.25) is 0 Å². The Morgan fingerprint density at radius 3 is 2.88 bits per heavy atom. The van der Waals surface area contributed by atoms with Gasteiger partial charge in [0.25, 0.3) is 0 Å². The predicted molar refractivity (Wildman–Crippen MR) is 101 cm³/mol. The number of anilines is 1. The number of benzene rings is 1.